The molecule has 1 aromatic heterocycles. The molecule has 29 heavy (non-hydrogen) atoms. The molecular weight excluding hydrogens is 368 g/mol. The third kappa shape index (κ3) is 4.27. The van der Waals surface area contributed by atoms with E-state index in [-0.39, 0.29) is 11.3 Å². The van der Waals surface area contributed by atoms with Crippen molar-refractivity contribution >= 4 is 17.4 Å². The van der Waals surface area contributed by atoms with Crippen LogP contribution in [0.2, 0.25) is 0 Å². The van der Waals surface area contributed by atoms with Crippen molar-refractivity contribution in [2.75, 3.05) is 5.32 Å². The van der Waals surface area contributed by atoms with Crippen LogP contribution in [0.4, 0.5) is 5.69 Å². The molecule has 1 amide bonds. The number of carbonyl (C=O) groups is 2. The number of Topliss-reactive ketones (excluding diaryl/α,β-unsaturated/α-hetero) is 1. The van der Waals surface area contributed by atoms with Gasteiger partial charge in [0.15, 0.2) is 5.78 Å². The van der Waals surface area contributed by atoms with E-state index in [1.165, 1.54) is 6.07 Å². The lowest BCUT2D eigenvalue weighted by Crippen LogP contribution is -2.27. The largest absolute Gasteiger partial charge is 0.489 e. The highest BCUT2D eigenvalue weighted by molar-refractivity contribution is 6.06. The fraction of sp³-hybridized carbons (Fsp3) is 0.174. The Kier molecular flexibility index (Phi) is 5.24. The predicted molar refractivity (Wildman–Crippen MR) is 110 cm³/mol. The molecule has 2 N–H and O–H groups in total. The van der Waals surface area contributed by atoms with E-state index in [1.54, 1.807) is 24.3 Å². The zero-order chi connectivity index (χ0) is 20.2. The summed E-state index contributed by atoms with van der Waals surface area (Å²) in [4.78, 5) is 39.5. The Balaban J connectivity index is 1.44. The van der Waals surface area contributed by atoms with Crippen LogP contribution in [0, 0.1) is 0 Å². The summed E-state index contributed by atoms with van der Waals surface area (Å²) in [5.74, 6) is 0.0749. The number of ketones is 1. The summed E-state index contributed by atoms with van der Waals surface area (Å²) in [6.45, 7) is 0.449. The van der Waals surface area contributed by atoms with Crippen molar-refractivity contribution in [1.29, 1.82) is 0 Å². The van der Waals surface area contributed by atoms with E-state index in [9.17, 15) is 14.4 Å². The maximum absolute atomic E-state index is 12.5. The number of hydrogen-bond donors (Lipinski definition) is 2. The van der Waals surface area contributed by atoms with Gasteiger partial charge in [-0.05, 0) is 48.7 Å². The van der Waals surface area contributed by atoms with Crippen molar-refractivity contribution in [2.24, 2.45) is 0 Å². The van der Waals surface area contributed by atoms with E-state index < -0.39 is 11.5 Å². The number of hydrogen-bond acceptors (Lipinski definition) is 4. The van der Waals surface area contributed by atoms with Crippen LogP contribution in [-0.2, 0) is 13.0 Å². The maximum Gasteiger partial charge on any atom is 0.261 e. The van der Waals surface area contributed by atoms with E-state index in [0.717, 1.165) is 5.56 Å². The van der Waals surface area contributed by atoms with Gasteiger partial charge in [-0.3, -0.25) is 14.4 Å². The molecule has 1 aliphatic carbocycles. The first-order valence-electron chi connectivity index (χ1n) is 9.48. The molecule has 6 nitrogen and oxygen atoms in total. The van der Waals surface area contributed by atoms with Gasteiger partial charge < -0.3 is 15.0 Å². The van der Waals surface area contributed by atoms with Crippen LogP contribution < -0.4 is 15.6 Å². The smallest absolute Gasteiger partial charge is 0.261 e. The molecule has 4 rings (SSSR count). The lowest BCUT2D eigenvalue weighted by molar-refractivity contribution is 0.0971. The maximum atomic E-state index is 12.5. The van der Waals surface area contributed by atoms with E-state index >= 15 is 0 Å². The molecule has 0 fully saturated rings. The van der Waals surface area contributed by atoms with Gasteiger partial charge in [-0.15, -0.1) is 0 Å². The molecule has 0 atom stereocenters. The van der Waals surface area contributed by atoms with Crippen molar-refractivity contribution in [3.8, 4) is 5.75 Å². The number of aromatic amines is 1. The standard InChI is InChI=1S/C23H20N2O4/c26-21-8-4-7-20-18(21)13-19(23(28)25-20)22(27)24-16-9-11-17(12-10-16)29-14-15-5-2-1-3-6-15/h1-3,5-6,9-13H,4,7-8,14H2,(H,24,27)(H,25,28). The third-order valence-electron chi connectivity index (χ3n) is 4.86. The highest BCUT2D eigenvalue weighted by Crippen LogP contribution is 2.20. The normalized spacial score (nSPS) is 12.9. The Bertz CT molecular complexity index is 1100. The number of benzene rings is 2. The van der Waals surface area contributed by atoms with Crippen LogP contribution in [-0.4, -0.2) is 16.7 Å². The number of pyridine rings is 1. The molecule has 0 aliphatic heterocycles. The third-order valence-corrected chi connectivity index (χ3v) is 4.86. The summed E-state index contributed by atoms with van der Waals surface area (Å²) < 4.78 is 5.72. The van der Waals surface area contributed by atoms with Gasteiger partial charge in [0.2, 0.25) is 0 Å². The zero-order valence-electron chi connectivity index (χ0n) is 15.7. The second-order valence-corrected chi connectivity index (χ2v) is 6.93. The second-order valence-electron chi connectivity index (χ2n) is 6.93. The fourth-order valence-electron chi connectivity index (χ4n) is 3.32. The summed E-state index contributed by atoms with van der Waals surface area (Å²) in [6.07, 6.45) is 1.79. The number of aromatic nitrogens is 1. The summed E-state index contributed by atoms with van der Waals surface area (Å²) in [7, 11) is 0. The SMILES string of the molecule is O=C1CCCc2[nH]c(=O)c(C(=O)Nc3ccc(OCc4ccccc4)cc3)cc21. The van der Waals surface area contributed by atoms with Gasteiger partial charge in [0.25, 0.3) is 11.5 Å². The molecule has 0 bridgehead atoms. The van der Waals surface area contributed by atoms with Gasteiger partial charge in [-0.25, -0.2) is 0 Å². The molecule has 0 unspecified atom stereocenters. The monoisotopic (exact) mass is 388 g/mol. The number of nitrogens with one attached hydrogen (secondary N) is 2. The lowest BCUT2D eigenvalue weighted by Gasteiger charge is -2.15. The number of aryl methyl sites for hydroxylation is 1. The van der Waals surface area contributed by atoms with Crippen molar-refractivity contribution in [1.82, 2.24) is 4.98 Å². The molecule has 0 spiro atoms. The van der Waals surface area contributed by atoms with Crippen molar-refractivity contribution in [2.45, 2.75) is 25.9 Å². The average molecular weight is 388 g/mol. The molecule has 3 aromatic rings. The second kappa shape index (κ2) is 8.14. The minimum atomic E-state index is -0.551. The molecule has 2 aromatic carbocycles. The van der Waals surface area contributed by atoms with Gasteiger partial charge in [-0.1, -0.05) is 30.3 Å². The fourth-order valence-corrected chi connectivity index (χ4v) is 3.32. The number of rotatable bonds is 5. The highest BCUT2D eigenvalue weighted by atomic mass is 16.5. The Labute approximate surface area is 167 Å². The number of anilines is 1. The van der Waals surface area contributed by atoms with Gasteiger partial charge in [0, 0.05) is 23.4 Å². The van der Waals surface area contributed by atoms with Crippen LogP contribution in [0.25, 0.3) is 0 Å². The van der Waals surface area contributed by atoms with Gasteiger partial charge in [0.1, 0.15) is 17.9 Å². The first kappa shape index (κ1) is 18.7. The lowest BCUT2D eigenvalue weighted by atomic mass is 9.93. The van der Waals surface area contributed by atoms with Crippen molar-refractivity contribution < 1.29 is 14.3 Å². The highest BCUT2D eigenvalue weighted by Gasteiger charge is 2.22. The Hall–Kier alpha value is -3.67. The van der Waals surface area contributed by atoms with E-state index in [0.29, 0.717) is 48.6 Å². The topological polar surface area (TPSA) is 88.3 Å². The van der Waals surface area contributed by atoms with Crippen LogP contribution in [0.1, 0.15) is 44.8 Å². The first-order chi connectivity index (χ1) is 14.1. The average Bonchev–Trinajstić information content (AvgIpc) is 2.74. The van der Waals surface area contributed by atoms with Crippen LogP contribution in [0.3, 0.4) is 0 Å². The van der Waals surface area contributed by atoms with E-state index in [4.69, 9.17) is 4.74 Å². The number of fused-ring (bicyclic) bond motifs is 1. The summed E-state index contributed by atoms with van der Waals surface area (Å²) in [6, 6.07) is 18.1. The predicted octanol–water partition coefficient (Wildman–Crippen LogP) is 3.73. The molecule has 146 valence electrons. The summed E-state index contributed by atoms with van der Waals surface area (Å²) in [5, 5.41) is 2.70. The molecule has 0 saturated heterocycles. The Morgan fingerprint density at radius 2 is 1.76 bits per heavy atom. The van der Waals surface area contributed by atoms with Crippen LogP contribution in [0.5, 0.6) is 5.75 Å². The van der Waals surface area contributed by atoms with Crippen LogP contribution in [0.15, 0.2) is 65.5 Å². The quantitative estimate of drug-likeness (QED) is 0.697. The van der Waals surface area contributed by atoms with Gasteiger partial charge in [0.05, 0.1) is 0 Å². The van der Waals surface area contributed by atoms with E-state index in [2.05, 4.69) is 10.3 Å². The number of carbonyl (C=O) groups excluding carboxylic acids is 2. The van der Waals surface area contributed by atoms with Crippen molar-refractivity contribution in [3.63, 3.8) is 0 Å². The minimum absolute atomic E-state index is 0.0449. The first-order valence-corrected chi connectivity index (χ1v) is 9.48. The molecule has 1 heterocycles. The molecule has 1 aliphatic rings. The van der Waals surface area contributed by atoms with Gasteiger partial charge in [-0.2, -0.15) is 0 Å². The minimum Gasteiger partial charge on any atom is -0.489 e. The number of amides is 1. The Morgan fingerprint density at radius 3 is 2.52 bits per heavy atom. The summed E-state index contributed by atoms with van der Waals surface area (Å²) >= 11 is 0. The Morgan fingerprint density at radius 1 is 1.00 bits per heavy atom. The van der Waals surface area contributed by atoms with Crippen molar-refractivity contribution in [3.05, 3.63) is 93.4 Å². The summed E-state index contributed by atoms with van der Waals surface area (Å²) in [5.41, 5.74) is 2.09. The molecule has 6 heteroatoms. The van der Waals surface area contributed by atoms with Gasteiger partial charge >= 0.3 is 0 Å². The number of ether oxygens (including phenoxy) is 1. The van der Waals surface area contributed by atoms with Crippen LogP contribution >= 0.6 is 0 Å². The molecular formula is C23H20N2O4. The van der Waals surface area contributed by atoms with E-state index in [1.807, 2.05) is 30.3 Å². The number of H-pyrrole nitrogens is 1. The zero-order valence-corrected chi connectivity index (χ0v) is 15.7. The molecule has 0 radical (unpaired) electrons. The molecule has 0 saturated carbocycles.